The Labute approximate surface area is 152 Å². The van der Waals surface area contributed by atoms with Crippen LogP contribution in [0.4, 0.5) is 0 Å². The third kappa shape index (κ3) is 8.58. The number of halogens is 1. The highest BCUT2D eigenvalue weighted by Crippen LogP contribution is 2.03. The van der Waals surface area contributed by atoms with Crippen molar-refractivity contribution in [2.45, 2.75) is 39.2 Å². The first kappa shape index (κ1) is 21.2. The van der Waals surface area contributed by atoms with E-state index < -0.39 is 6.10 Å². The lowest BCUT2D eigenvalue weighted by Crippen LogP contribution is -2.40. The summed E-state index contributed by atoms with van der Waals surface area (Å²) < 4.78 is 0. The first-order valence-corrected chi connectivity index (χ1v) is 7.88. The first-order valence-electron chi connectivity index (χ1n) is 7.88. The highest BCUT2D eigenvalue weighted by atomic mass is 127. The number of hydrogen-bond acceptors (Lipinski definition) is 2. The predicted molar refractivity (Wildman–Crippen MR) is 105 cm³/mol. The molecule has 126 valence electrons. The SMILES string of the molecule is CCCCN(C)C(=NCC(O)Cc1ccccc1)NCC.I. The molecule has 0 fully saturated rings. The first-order chi connectivity index (χ1) is 10.2. The van der Waals surface area contributed by atoms with Crippen molar-refractivity contribution in [2.24, 2.45) is 4.99 Å². The molecule has 0 aromatic heterocycles. The molecule has 0 heterocycles. The molecule has 22 heavy (non-hydrogen) atoms. The van der Waals surface area contributed by atoms with Gasteiger partial charge in [0.05, 0.1) is 12.6 Å². The molecule has 0 radical (unpaired) electrons. The lowest BCUT2D eigenvalue weighted by atomic mass is 10.1. The summed E-state index contributed by atoms with van der Waals surface area (Å²) >= 11 is 0. The number of aliphatic hydroxyl groups is 1. The van der Waals surface area contributed by atoms with E-state index in [1.165, 1.54) is 6.42 Å². The number of nitrogens with zero attached hydrogens (tertiary/aromatic N) is 2. The quantitative estimate of drug-likeness (QED) is 0.387. The molecule has 1 aromatic rings. The van der Waals surface area contributed by atoms with E-state index in [1.54, 1.807) is 0 Å². The Kier molecular flexibility index (Phi) is 12.2. The Balaban J connectivity index is 0.00000441. The number of unbranched alkanes of at least 4 members (excludes halogenated alkanes) is 1. The average molecular weight is 419 g/mol. The summed E-state index contributed by atoms with van der Waals surface area (Å²) in [5, 5.41) is 13.4. The summed E-state index contributed by atoms with van der Waals surface area (Å²) in [5.74, 6) is 0.873. The molecular formula is C17H30IN3O. The van der Waals surface area contributed by atoms with Gasteiger partial charge in [0.2, 0.25) is 0 Å². The Morgan fingerprint density at radius 3 is 2.55 bits per heavy atom. The molecule has 0 aliphatic rings. The van der Waals surface area contributed by atoms with Gasteiger partial charge >= 0.3 is 0 Å². The maximum absolute atomic E-state index is 10.1. The number of aliphatic hydroxyl groups excluding tert-OH is 1. The largest absolute Gasteiger partial charge is 0.391 e. The third-order valence-corrected chi connectivity index (χ3v) is 3.31. The van der Waals surface area contributed by atoms with E-state index in [4.69, 9.17) is 0 Å². The molecule has 1 atom stereocenters. The molecule has 0 aliphatic heterocycles. The second-order valence-electron chi connectivity index (χ2n) is 5.31. The summed E-state index contributed by atoms with van der Waals surface area (Å²) in [6.45, 7) is 6.49. The molecule has 1 unspecified atom stereocenters. The van der Waals surface area contributed by atoms with Crippen molar-refractivity contribution in [1.82, 2.24) is 10.2 Å². The topological polar surface area (TPSA) is 47.9 Å². The fourth-order valence-corrected chi connectivity index (χ4v) is 2.11. The fraction of sp³-hybridized carbons (Fsp3) is 0.588. The van der Waals surface area contributed by atoms with Crippen LogP contribution in [0.5, 0.6) is 0 Å². The Morgan fingerprint density at radius 2 is 1.95 bits per heavy atom. The van der Waals surface area contributed by atoms with Crippen LogP contribution in [-0.2, 0) is 6.42 Å². The molecule has 2 N–H and O–H groups in total. The molecule has 4 nitrogen and oxygen atoms in total. The number of rotatable bonds is 8. The second kappa shape index (κ2) is 12.7. The van der Waals surface area contributed by atoms with Gasteiger partial charge in [0.15, 0.2) is 5.96 Å². The van der Waals surface area contributed by atoms with Crippen molar-refractivity contribution in [3.05, 3.63) is 35.9 Å². The Morgan fingerprint density at radius 1 is 1.27 bits per heavy atom. The van der Waals surface area contributed by atoms with Gasteiger partial charge < -0.3 is 15.3 Å². The second-order valence-corrected chi connectivity index (χ2v) is 5.31. The van der Waals surface area contributed by atoms with E-state index in [0.29, 0.717) is 13.0 Å². The zero-order valence-corrected chi connectivity index (χ0v) is 16.3. The zero-order chi connectivity index (χ0) is 15.5. The predicted octanol–water partition coefficient (Wildman–Crippen LogP) is 2.91. The van der Waals surface area contributed by atoms with Crippen molar-refractivity contribution < 1.29 is 5.11 Å². The summed E-state index contributed by atoms with van der Waals surface area (Å²) in [6.07, 6.45) is 2.51. The van der Waals surface area contributed by atoms with E-state index in [1.807, 2.05) is 37.4 Å². The number of nitrogens with one attached hydrogen (secondary N) is 1. The Bertz CT molecular complexity index is 412. The number of guanidine groups is 1. The molecule has 1 rings (SSSR count). The van der Waals surface area contributed by atoms with Crippen LogP contribution < -0.4 is 5.32 Å². The zero-order valence-electron chi connectivity index (χ0n) is 14.0. The Hall–Kier alpha value is -0.820. The van der Waals surface area contributed by atoms with Crippen LogP contribution in [0, 0.1) is 0 Å². The number of aliphatic imine (C=N–C) groups is 1. The average Bonchev–Trinajstić information content (AvgIpc) is 2.50. The highest BCUT2D eigenvalue weighted by Gasteiger charge is 2.08. The summed E-state index contributed by atoms with van der Waals surface area (Å²) in [5.41, 5.74) is 1.14. The van der Waals surface area contributed by atoms with Crippen LogP contribution in [0.3, 0.4) is 0 Å². The summed E-state index contributed by atoms with van der Waals surface area (Å²) in [6, 6.07) is 10.0. The maximum Gasteiger partial charge on any atom is 0.193 e. The smallest absolute Gasteiger partial charge is 0.193 e. The van der Waals surface area contributed by atoms with E-state index in [9.17, 15) is 5.11 Å². The van der Waals surface area contributed by atoms with Crippen molar-refractivity contribution >= 4 is 29.9 Å². The summed E-state index contributed by atoms with van der Waals surface area (Å²) in [7, 11) is 2.04. The van der Waals surface area contributed by atoms with Gasteiger partial charge in [0.25, 0.3) is 0 Å². The molecular weight excluding hydrogens is 389 g/mol. The lowest BCUT2D eigenvalue weighted by Gasteiger charge is -2.22. The molecule has 0 amide bonds. The van der Waals surface area contributed by atoms with E-state index in [-0.39, 0.29) is 24.0 Å². The van der Waals surface area contributed by atoms with Crippen LogP contribution in [0.2, 0.25) is 0 Å². The van der Waals surface area contributed by atoms with Crippen LogP contribution in [0.25, 0.3) is 0 Å². The molecule has 0 saturated heterocycles. The monoisotopic (exact) mass is 419 g/mol. The molecule has 0 aliphatic carbocycles. The standard InChI is InChI=1S/C17H29N3O.HI/c1-4-6-12-20(3)17(18-5-2)19-14-16(21)13-15-10-8-7-9-11-15;/h7-11,16,21H,4-6,12-14H2,1-3H3,(H,18,19);1H. The normalized spacial score (nSPS) is 12.5. The minimum absolute atomic E-state index is 0. The van der Waals surface area contributed by atoms with Crippen molar-refractivity contribution in [2.75, 3.05) is 26.7 Å². The van der Waals surface area contributed by atoms with Crippen LogP contribution in [-0.4, -0.2) is 48.8 Å². The van der Waals surface area contributed by atoms with Gasteiger partial charge in [-0.2, -0.15) is 0 Å². The van der Waals surface area contributed by atoms with Gasteiger partial charge in [-0.25, -0.2) is 0 Å². The minimum Gasteiger partial charge on any atom is -0.391 e. The molecule has 0 bridgehead atoms. The summed E-state index contributed by atoms with van der Waals surface area (Å²) in [4.78, 5) is 6.67. The third-order valence-electron chi connectivity index (χ3n) is 3.31. The fourth-order valence-electron chi connectivity index (χ4n) is 2.11. The van der Waals surface area contributed by atoms with Gasteiger partial charge in [-0.15, -0.1) is 24.0 Å². The molecule has 0 saturated carbocycles. The number of benzene rings is 1. The van der Waals surface area contributed by atoms with Crippen molar-refractivity contribution in [3.63, 3.8) is 0 Å². The number of hydrogen-bond donors (Lipinski definition) is 2. The van der Waals surface area contributed by atoms with Crippen LogP contribution >= 0.6 is 24.0 Å². The van der Waals surface area contributed by atoms with Gasteiger partial charge in [-0.05, 0) is 18.9 Å². The molecule has 5 heteroatoms. The maximum atomic E-state index is 10.1. The lowest BCUT2D eigenvalue weighted by molar-refractivity contribution is 0.183. The van der Waals surface area contributed by atoms with Crippen LogP contribution in [0.1, 0.15) is 32.3 Å². The minimum atomic E-state index is -0.444. The van der Waals surface area contributed by atoms with Gasteiger partial charge in [0, 0.05) is 26.6 Å². The van der Waals surface area contributed by atoms with Gasteiger partial charge in [0.1, 0.15) is 0 Å². The molecule has 0 spiro atoms. The van der Waals surface area contributed by atoms with Crippen molar-refractivity contribution in [3.8, 4) is 0 Å². The van der Waals surface area contributed by atoms with Gasteiger partial charge in [-0.1, -0.05) is 43.7 Å². The van der Waals surface area contributed by atoms with E-state index in [2.05, 4.69) is 29.1 Å². The van der Waals surface area contributed by atoms with Crippen molar-refractivity contribution in [1.29, 1.82) is 0 Å². The van der Waals surface area contributed by atoms with Gasteiger partial charge in [-0.3, -0.25) is 4.99 Å². The molecule has 1 aromatic carbocycles. The van der Waals surface area contributed by atoms with E-state index in [0.717, 1.165) is 31.0 Å². The highest BCUT2D eigenvalue weighted by molar-refractivity contribution is 14.0. The van der Waals surface area contributed by atoms with E-state index >= 15 is 0 Å². The van der Waals surface area contributed by atoms with Crippen LogP contribution in [0.15, 0.2) is 35.3 Å².